The van der Waals surface area contributed by atoms with Crippen molar-refractivity contribution in [3.05, 3.63) is 54.1 Å². The Labute approximate surface area is 171 Å². The zero-order chi connectivity index (χ0) is 20.8. The van der Waals surface area contributed by atoms with Crippen LogP contribution in [0.25, 0.3) is 0 Å². The van der Waals surface area contributed by atoms with Crippen molar-refractivity contribution in [1.29, 1.82) is 0 Å². The maximum Gasteiger partial charge on any atom is 0.277 e. The fraction of sp³-hybridized carbons (Fsp3) is 0.364. The third-order valence-electron chi connectivity index (χ3n) is 5.24. The number of likely N-dealkylation sites (N-methyl/N-ethyl adjacent to an activating group) is 1. The molecule has 1 aliphatic rings. The molecule has 7 nitrogen and oxygen atoms in total. The summed E-state index contributed by atoms with van der Waals surface area (Å²) in [5.41, 5.74) is 2.69. The molecule has 0 bridgehead atoms. The maximum absolute atomic E-state index is 12.5. The van der Waals surface area contributed by atoms with Gasteiger partial charge in [-0.2, -0.15) is 0 Å². The summed E-state index contributed by atoms with van der Waals surface area (Å²) in [6.07, 6.45) is 0. The van der Waals surface area contributed by atoms with E-state index in [0.717, 1.165) is 43.1 Å². The van der Waals surface area contributed by atoms with Gasteiger partial charge in [0.25, 0.3) is 5.91 Å². The van der Waals surface area contributed by atoms with Crippen molar-refractivity contribution >= 4 is 23.2 Å². The molecule has 0 radical (unpaired) electrons. The summed E-state index contributed by atoms with van der Waals surface area (Å²) in [6, 6.07) is 14.9. The number of benzene rings is 2. The van der Waals surface area contributed by atoms with Crippen LogP contribution in [0.1, 0.15) is 5.56 Å². The van der Waals surface area contributed by atoms with Gasteiger partial charge in [0.1, 0.15) is 5.75 Å². The minimum atomic E-state index is -0.205. The fourth-order valence-electron chi connectivity index (χ4n) is 3.46. The Bertz CT molecular complexity index is 845. The van der Waals surface area contributed by atoms with Crippen molar-refractivity contribution in [2.75, 3.05) is 56.5 Å². The number of carbonyl (C=O) groups is 2. The fourth-order valence-corrected chi connectivity index (χ4v) is 3.46. The Kier molecular flexibility index (Phi) is 6.72. The highest BCUT2D eigenvalue weighted by atomic mass is 16.3. The van der Waals surface area contributed by atoms with Crippen molar-refractivity contribution in [3.63, 3.8) is 0 Å². The number of hydrogen-bond donors (Lipinski definition) is 3. The number of aryl methyl sites for hydroxylation is 1. The third-order valence-corrected chi connectivity index (χ3v) is 5.24. The lowest BCUT2D eigenvalue weighted by Gasteiger charge is -2.34. The molecule has 0 saturated carbocycles. The SMILES string of the molecule is Cc1ccc(NC(=O)CN(C)C(=O)C[NH+]2CCN(c3ccccc3O)CC2)cc1. The van der Waals surface area contributed by atoms with Crippen molar-refractivity contribution in [1.82, 2.24) is 4.90 Å². The number of amides is 2. The van der Waals surface area contributed by atoms with Gasteiger partial charge in [-0.3, -0.25) is 9.59 Å². The Hall–Kier alpha value is -3.06. The molecule has 1 fully saturated rings. The molecule has 2 aromatic rings. The van der Waals surface area contributed by atoms with Crippen molar-refractivity contribution < 1.29 is 19.6 Å². The first-order chi connectivity index (χ1) is 13.9. The number of phenols is 1. The molecule has 0 aromatic heterocycles. The molecule has 1 aliphatic heterocycles. The molecule has 0 atom stereocenters. The van der Waals surface area contributed by atoms with Crippen LogP contribution in [0.3, 0.4) is 0 Å². The summed E-state index contributed by atoms with van der Waals surface area (Å²) < 4.78 is 0. The number of rotatable bonds is 6. The topological polar surface area (TPSA) is 77.3 Å². The number of carbonyl (C=O) groups excluding carboxylic acids is 2. The van der Waals surface area contributed by atoms with Crippen molar-refractivity contribution in [2.24, 2.45) is 0 Å². The number of phenolic OH excluding ortho intramolecular Hbond substituents is 1. The van der Waals surface area contributed by atoms with Crippen molar-refractivity contribution in [3.8, 4) is 5.75 Å². The van der Waals surface area contributed by atoms with Gasteiger partial charge in [0.05, 0.1) is 38.4 Å². The number of piperazine rings is 1. The van der Waals surface area contributed by atoms with E-state index in [2.05, 4.69) is 10.2 Å². The first-order valence-electron chi connectivity index (χ1n) is 9.89. The number of para-hydroxylation sites is 2. The summed E-state index contributed by atoms with van der Waals surface area (Å²) in [5, 5.41) is 12.8. The normalized spacial score (nSPS) is 14.5. The van der Waals surface area contributed by atoms with E-state index in [9.17, 15) is 14.7 Å². The molecule has 0 spiro atoms. The average Bonchev–Trinajstić information content (AvgIpc) is 2.71. The molecule has 3 N–H and O–H groups in total. The summed E-state index contributed by atoms with van der Waals surface area (Å²) in [6.45, 7) is 5.55. The van der Waals surface area contributed by atoms with Crippen LogP contribution in [0.2, 0.25) is 0 Å². The predicted molar refractivity (Wildman–Crippen MR) is 113 cm³/mol. The number of quaternary nitrogens is 1. The van der Waals surface area contributed by atoms with Crippen LogP contribution in [0, 0.1) is 6.92 Å². The van der Waals surface area contributed by atoms with Crippen LogP contribution in [-0.2, 0) is 9.59 Å². The lowest BCUT2D eigenvalue weighted by molar-refractivity contribution is -0.892. The molecule has 0 unspecified atom stereocenters. The van der Waals surface area contributed by atoms with Crippen LogP contribution in [-0.4, -0.2) is 68.1 Å². The second-order valence-electron chi connectivity index (χ2n) is 7.57. The maximum atomic E-state index is 12.5. The Morgan fingerprint density at radius 1 is 1.10 bits per heavy atom. The van der Waals surface area contributed by atoms with E-state index in [4.69, 9.17) is 0 Å². The Balaban J connectivity index is 1.43. The first kappa shape index (κ1) is 20.7. The highest BCUT2D eigenvalue weighted by Gasteiger charge is 2.25. The monoisotopic (exact) mass is 397 g/mol. The molecule has 29 heavy (non-hydrogen) atoms. The molecular formula is C22H29N4O3+. The molecule has 1 heterocycles. The largest absolute Gasteiger partial charge is 0.506 e. The molecule has 2 aromatic carbocycles. The van der Waals surface area contributed by atoms with E-state index < -0.39 is 0 Å². The summed E-state index contributed by atoms with van der Waals surface area (Å²) >= 11 is 0. The van der Waals surface area contributed by atoms with E-state index in [1.165, 1.54) is 9.80 Å². The quantitative estimate of drug-likeness (QED) is 0.664. The van der Waals surface area contributed by atoms with E-state index in [1.807, 2.05) is 49.4 Å². The van der Waals surface area contributed by atoms with Gasteiger partial charge in [0, 0.05) is 12.7 Å². The van der Waals surface area contributed by atoms with Gasteiger partial charge in [0.2, 0.25) is 5.91 Å². The van der Waals surface area contributed by atoms with Gasteiger partial charge >= 0.3 is 0 Å². The van der Waals surface area contributed by atoms with Gasteiger partial charge in [-0.1, -0.05) is 29.8 Å². The van der Waals surface area contributed by atoms with Crippen LogP contribution >= 0.6 is 0 Å². The summed E-state index contributed by atoms with van der Waals surface area (Å²) in [4.78, 5) is 29.5. The molecular weight excluding hydrogens is 368 g/mol. The minimum absolute atomic E-state index is 0.0317. The van der Waals surface area contributed by atoms with E-state index in [-0.39, 0.29) is 24.1 Å². The second kappa shape index (κ2) is 9.43. The number of hydrogen-bond acceptors (Lipinski definition) is 4. The van der Waals surface area contributed by atoms with Gasteiger partial charge in [-0.05, 0) is 31.2 Å². The molecule has 154 valence electrons. The number of anilines is 2. The zero-order valence-corrected chi connectivity index (χ0v) is 17.0. The lowest BCUT2D eigenvalue weighted by Crippen LogP contribution is -3.15. The molecule has 7 heteroatoms. The smallest absolute Gasteiger partial charge is 0.277 e. The van der Waals surface area contributed by atoms with Crippen LogP contribution in [0.5, 0.6) is 5.75 Å². The minimum Gasteiger partial charge on any atom is -0.506 e. The summed E-state index contributed by atoms with van der Waals surface area (Å²) in [5.74, 6) is 0.0329. The Morgan fingerprint density at radius 2 is 1.76 bits per heavy atom. The summed E-state index contributed by atoms with van der Waals surface area (Å²) in [7, 11) is 1.66. The van der Waals surface area contributed by atoms with Gasteiger partial charge < -0.3 is 25.1 Å². The Morgan fingerprint density at radius 3 is 2.41 bits per heavy atom. The zero-order valence-electron chi connectivity index (χ0n) is 17.0. The molecule has 1 saturated heterocycles. The average molecular weight is 397 g/mol. The molecule has 3 rings (SSSR count). The van der Waals surface area contributed by atoms with E-state index in [0.29, 0.717) is 6.54 Å². The van der Waals surface area contributed by atoms with Crippen LogP contribution in [0.4, 0.5) is 11.4 Å². The van der Waals surface area contributed by atoms with Crippen LogP contribution < -0.4 is 15.1 Å². The highest BCUT2D eigenvalue weighted by Crippen LogP contribution is 2.25. The predicted octanol–water partition coefficient (Wildman–Crippen LogP) is 0.503. The highest BCUT2D eigenvalue weighted by molar-refractivity contribution is 5.94. The molecule has 2 amide bonds. The number of aromatic hydroxyl groups is 1. The van der Waals surface area contributed by atoms with Gasteiger partial charge in [0.15, 0.2) is 6.54 Å². The number of nitrogens with zero attached hydrogens (tertiary/aromatic N) is 2. The van der Waals surface area contributed by atoms with Crippen molar-refractivity contribution in [2.45, 2.75) is 6.92 Å². The molecule has 0 aliphatic carbocycles. The number of nitrogens with one attached hydrogen (secondary N) is 2. The van der Waals surface area contributed by atoms with Crippen LogP contribution in [0.15, 0.2) is 48.5 Å². The lowest BCUT2D eigenvalue weighted by atomic mass is 10.2. The van der Waals surface area contributed by atoms with Gasteiger partial charge in [-0.15, -0.1) is 0 Å². The standard InChI is InChI=1S/C22H28N4O3/c1-17-7-9-18(10-8-17)23-21(28)15-24(2)22(29)16-25-11-13-26(14-12-25)19-5-3-4-6-20(19)27/h3-10,27H,11-16H2,1-2H3,(H,23,28)/p+1. The van der Waals surface area contributed by atoms with Gasteiger partial charge in [-0.25, -0.2) is 0 Å². The first-order valence-corrected chi connectivity index (χ1v) is 9.89. The van der Waals surface area contributed by atoms with E-state index in [1.54, 1.807) is 13.1 Å². The second-order valence-corrected chi connectivity index (χ2v) is 7.57. The van der Waals surface area contributed by atoms with E-state index >= 15 is 0 Å². The third kappa shape index (κ3) is 5.71.